The highest BCUT2D eigenvalue weighted by Crippen LogP contribution is 2.40. The van der Waals surface area contributed by atoms with Gasteiger partial charge in [0.25, 0.3) is 0 Å². The fourth-order valence-electron chi connectivity index (χ4n) is 0.606. The van der Waals surface area contributed by atoms with Gasteiger partial charge in [-0.2, -0.15) is 0 Å². The molecule has 0 aliphatic carbocycles. The third-order valence-electron chi connectivity index (χ3n) is 1.40. The van der Waals surface area contributed by atoms with Crippen LogP contribution in [0.25, 0.3) is 0 Å². The summed E-state index contributed by atoms with van der Waals surface area (Å²) in [4.78, 5) is 18.2. The Morgan fingerprint density at radius 2 is 1.67 bits per heavy atom. The van der Waals surface area contributed by atoms with Crippen molar-refractivity contribution in [2.45, 2.75) is 0 Å². The first kappa shape index (κ1) is 14.0. The Kier molecular flexibility index (Phi) is 6.83. The first-order chi connectivity index (χ1) is 7.05. The molecule has 1 rings (SSSR count). The maximum atomic E-state index is 10.1. The van der Waals surface area contributed by atoms with Crippen molar-refractivity contribution in [2.75, 3.05) is 14.2 Å². The van der Waals surface area contributed by atoms with Gasteiger partial charge in [0.15, 0.2) is 0 Å². The predicted molar refractivity (Wildman–Crippen MR) is 55.7 cm³/mol. The van der Waals surface area contributed by atoms with Crippen LogP contribution in [-0.4, -0.2) is 25.4 Å². The number of carbonyl (C=O) groups excluding carboxylic acids is 1. The van der Waals surface area contributed by atoms with Crippen LogP contribution in [0.15, 0.2) is 30.3 Å². The molecule has 0 aromatic heterocycles. The molecule has 6 heteroatoms. The Morgan fingerprint density at radius 3 is 1.87 bits per heavy atom. The normalized spacial score (nSPS) is 10.1. The van der Waals surface area contributed by atoms with E-state index in [1.807, 2.05) is 18.2 Å². The molecule has 0 saturated heterocycles. The summed E-state index contributed by atoms with van der Waals surface area (Å²) in [6.45, 7) is 0. The molecule has 0 heterocycles. The van der Waals surface area contributed by atoms with Crippen LogP contribution in [0.5, 0.6) is 0 Å². The summed E-state index contributed by atoms with van der Waals surface area (Å²) in [5, 5.41) is 0. The molecule has 1 N–H and O–H groups in total. The van der Waals surface area contributed by atoms with E-state index in [2.05, 4.69) is 9.05 Å². The van der Waals surface area contributed by atoms with Crippen molar-refractivity contribution in [3.63, 3.8) is 0 Å². The fourth-order valence-corrected chi connectivity index (χ4v) is 0.755. The molecule has 0 bridgehead atoms. The van der Waals surface area contributed by atoms with Gasteiger partial charge in [-0.15, -0.1) is 0 Å². The number of benzene rings is 1. The van der Waals surface area contributed by atoms with E-state index in [-0.39, 0.29) is 0 Å². The van der Waals surface area contributed by atoms with E-state index in [0.717, 1.165) is 26.1 Å². The zero-order valence-electron chi connectivity index (χ0n) is 8.49. The molecule has 0 saturated carbocycles. The van der Waals surface area contributed by atoms with E-state index in [4.69, 9.17) is 4.89 Å². The molecule has 0 atom stereocenters. The second-order valence-electron chi connectivity index (χ2n) is 2.36. The molecule has 0 aliphatic rings. The Balaban J connectivity index is 0.000000265. The molecule has 0 aliphatic heterocycles. The average molecular weight is 232 g/mol. The quantitative estimate of drug-likeness (QED) is 0.636. The highest BCUT2D eigenvalue weighted by atomic mass is 31.2. The summed E-state index contributed by atoms with van der Waals surface area (Å²) in [6.07, 6.45) is 0.833. The van der Waals surface area contributed by atoms with E-state index in [9.17, 15) is 9.36 Å². The lowest BCUT2D eigenvalue weighted by atomic mass is 10.2. The minimum Gasteiger partial charge on any atom is -0.303 e. The molecule has 0 unspecified atom stereocenters. The topological polar surface area (TPSA) is 72.8 Å². The highest BCUT2D eigenvalue weighted by molar-refractivity contribution is 7.47. The van der Waals surface area contributed by atoms with Crippen LogP contribution in [0, 0.1) is 0 Å². The van der Waals surface area contributed by atoms with Gasteiger partial charge in [-0.25, -0.2) is 4.57 Å². The smallest absolute Gasteiger partial charge is 0.303 e. The summed E-state index contributed by atoms with van der Waals surface area (Å²) < 4.78 is 18.0. The number of carbonyl (C=O) groups is 1. The van der Waals surface area contributed by atoms with Crippen LogP contribution in [0.4, 0.5) is 0 Å². The predicted octanol–water partition coefficient (Wildman–Crippen LogP) is 1.88. The minimum absolute atomic E-state index is 0.729. The number of aldehydes is 1. The lowest BCUT2D eigenvalue weighted by Gasteiger charge is -2.01. The van der Waals surface area contributed by atoms with Crippen LogP contribution < -0.4 is 0 Å². The number of hydrogen-bond acceptors (Lipinski definition) is 4. The highest BCUT2D eigenvalue weighted by Gasteiger charge is 2.13. The number of hydrogen-bond donors (Lipinski definition) is 1. The molecule has 0 fully saturated rings. The van der Waals surface area contributed by atoms with E-state index in [1.165, 1.54) is 0 Å². The summed E-state index contributed by atoms with van der Waals surface area (Å²) in [5.74, 6) is 0. The summed E-state index contributed by atoms with van der Waals surface area (Å²) in [5.41, 5.74) is 0.729. The lowest BCUT2D eigenvalue weighted by molar-refractivity contribution is 0.112. The van der Waals surface area contributed by atoms with Gasteiger partial charge in [0.2, 0.25) is 0 Å². The zero-order valence-corrected chi connectivity index (χ0v) is 9.39. The van der Waals surface area contributed by atoms with Crippen molar-refractivity contribution in [1.82, 2.24) is 0 Å². The molecule has 5 nitrogen and oxygen atoms in total. The standard InChI is InChI=1S/C7H6O.C2H7O4P/c8-6-7-4-2-1-3-5-7;1-5-7(3,4)6-2/h1-6H;1-2H3,(H,3,4). The Labute approximate surface area is 88.3 Å². The van der Waals surface area contributed by atoms with Crippen molar-refractivity contribution in [3.8, 4) is 0 Å². The van der Waals surface area contributed by atoms with E-state index >= 15 is 0 Å². The maximum absolute atomic E-state index is 10.1. The SMILES string of the molecule is COP(=O)(O)OC.O=Cc1ccccc1. The van der Waals surface area contributed by atoms with Crippen LogP contribution >= 0.6 is 7.82 Å². The molecule has 1 aromatic carbocycles. The fraction of sp³-hybridized carbons (Fsp3) is 0.222. The monoisotopic (exact) mass is 232 g/mol. The second kappa shape index (κ2) is 7.31. The van der Waals surface area contributed by atoms with Crippen LogP contribution in [-0.2, 0) is 13.6 Å². The van der Waals surface area contributed by atoms with Gasteiger partial charge in [-0.1, -0.05) is 30.3 Å². The third-order valence-corrected chi connectivity index (χ3v) is 2.32. The molecule has 0 radical (unpaired) electrons. The zero-order chi connectivity index (χ0) is 11.7. The molecule has 0 amide bonds. The van der Waals surface area contributed by atoms with Crippen molar-refractivity contribution in [1.29, 1.82) is 0 Å². The van der Waals surface area contributed by atoms with Gasteiger partial charge in [-0.3, -0.25) is 13.8 Å². The van der Waals surface area contributed by atoms with Crippen LogP contribution in [0.3, 0.4) is 0 Å². The Hall–Kier alpha value is -1.00. The first-order valence-electron chi connectivity index (χ1n) is 4.00. The number of rotatable bonds is 3. The Morgan fingerprint density at radius 1 is 1.20 bits per heavy atom. The summed E-state index contributed by atoms with van der Waals surface area (Å²) >= 11 is 0. The van der Waals surface area contributed by atoms with E-state index < -0.39 is 7.82 Å². The first-order valence-corrected chi connectivity index (χ1v) is 5.49. The molecular formula is C9H13O5P. The van der Waals surface area contributed by atoms with Gasteiger partial charge in [0.05, 0.1) is 0 Å². The van der Waals surface area contributed by atoms with E-state index in [1.54, 1.807) is 12.1 Å². The average Bonchev–Trinajstić information content (AvgIpc) is 2.31. The van der Waals surface area contributed by atoms with Crippen molar-refractivity contribution in [3.05, 3.63) is 35.9 Å². The van der Waals surface area contributed by atoms with Gasteiger partial charge >= 0.3 is 7.82 Å². The molecule has 84 valence electrons. The van der Waals surface area contributed by atoms with Gasteiger partial charge in [-0.05, 0) is 0 Å². The number of phosphoric acid groups is 1. The number of phosphoric ester groups is 1. The summed E-state index contributed by atoms with van der Waals surface area (Å²) in [7, 11) is -1.45. The van der Waals surface area contributed by atoms with Crippen LogP contribution in [0.1, 0.15) is 10.4 Å². The van der Waals surface area contributed by atoms with E-state index in [0.29, 0.717) is 0 Å². The van der Waals surface area contributed by atoms with Crippen molar-refractivity contribution < 1.29 is 23.3 Å². The molecule has 0 spiro atoms. The third kappa shape index (κ3) is 6.99. The van der Waals surface area contributed by atoms with Gasteiger partial charge in [0.1, 0.15) is 6.29 Å². The van der Waals surface area contributed by atoms with Crippen LogP contribution in [0.2, 0.25) is 0 Å². The van der Waals surface area contributed by atoms with Crippen molar-refractivity contribution >= 4 is 14.1 Å². The molecule has 15 heavy (non-hydrogen) atoms. The second-order valence-corrected chi connectivity index (χ2v) is 4.03. The maximum Gasteiger partial charge on any atom is 0.471 e. The molecular weight excluding hydrogens is 219 g/mol. The summed E-state index contributed by atoms with van der Waals surface area (Å²) in [6, 6.07) is 9.10. The Bertz CT molecular complexity index is 317. The van der Waals surface area contributed by atoms with Crippen molar-refractivity contribution in [2.24, 2.45) is 0 Å². The van der Waals surface area contributed by atoms with Gasteiger partial charge < -0.3 is 4.89 Å². The molecule has 1 aromatic rings. The lowest BCUT2D eigenvalue weighted by Crippen LogP contribution is -1.83. The van der Waals surface area contributed by atoms with Gasteiger partial charge in [0, 0.05) is 19.8 Å². The minimum atomic E-state index is -3.65. The largest absolute Gasteiger partial charge is 0.471 e.